The highest BCUT2D eigenvalue weighted by molar-refractivity contribution is 5.30. The lowest BCUT2D eigenvalue weighted by atomic mass is 10.0. The van der Waals surface area contributed by atoms with Crippen molar-refractivity contribution >= 4 is 0 Å². The largest absolute Gasteiger partial charge is 0.508 e. The maximum atomic E-state index is 13.8. The summed E-state index contributed by atoms with van der Waals surface area (Å²) in [7, 11) is 0. The van der Waals surface area contributed by atoms with Crippen molar-refractivity contribution < 1.29 is 18.3 Å². The minimum absolute atomic E-state index is 0.160. The van der Waals surface area contributed by atoms with E-state index in [2.05, 4.69) is 5.32 Å². The number of halogens is 3. The standard InChI is InChI=1S/C16H16F3NO/c1-9(13-5-4-12(21)8-16(13)19)20-10(2)14-7-11(17)3-6-15(14)18/h3-10,20-21H,1-2H3. The molecule has 2 N–H and O–H groups in total. The molecule has 2 atom stereocenters. The number of rotatable bonds is 4. The van der Waals surface area contributed by atoms with Gasteiger partial charge in [-0.15, -0.1) is 0 Å². The topological polar surface area (TPSA) is 32.3 Å². The van der Waals surface area contributed by atoms with Crippen LogP contribution in [-0.2, 0) is 0 Å². The lowest BCUT2D eigenvalue weighted by molar-refractivity contribution is 0.446. The van der Waals surface area contributed by atoms with Crippen molar-refractivity contribution in [2.75, 3.05) is 0 Å². The monoisotopic (exact) mass is 295 g/mol. The molecule has 0 amide bonds. The van der Waals surface area contributed by atoms with Gasteiger partial charge in [0.15, 0.2) is 0 Å². The number of phenols is 1. The van der Waals surface area contributed by atoms with E-state index >= 15 is 0 Å². The van der Waals surface area contributed by atoms with Gasteiger partial charge >= 0.3 is 0 Å². The minimum Gasteiger partial charge on any atom is -0.508 e. The van der Waals surface area contributed by atoms with Gasteiger partial charge in [-0.25, -0.2) is 13.2 Å². The summed E-state index contributed by atoms with van der Waals surface area (Å²) in [6.45, 7) is 3.38. The molecule has 0 saturated carbocycles. The van der Waals surface area contributed by atoms with Gasteiger partial charge in [0.2, 0.25) is 0 Å². The molecule has 112 valence electrons. The third kappa shape index (κ3) is 3.55. The second kappa shape index (κ2) is 6.18. The maximum absolute atomic E-state index is 13.8. The van der Waals surface area contributed by atoms with Crippen LogP contribution >= 0.6 is 0 Å². The van der Waals surface area contributed by atoms with Crippen LogP contribution in [0.1, 0.15) is 37.1 Å². The second-order valence-corrected chi connectivity index (χ2v) is 4.98. The van der Waals surface area contributed by atoms with Crippen molar-refractivity contribution in [2.45, 2.75) is 25.9 Å². The zero-order valence-corrected chi connectivity index (χ0v) is 11.7. The Labute approximate surface area is 121 Å². The summed E-state index contributed by atoms with van der Waals surface area (Å²) >= 11 is 0. The average molecular weight is 295 g/mol. The smallest absolute Gasteiger partial charge is 0.131 e. The van der Waals surface area contributed by atoms with Crippen molar-refractivity contribution in [2.24, 2.45) is 0 Å². The Morgan fingerprint density at radius 2 is 1.52 bits per heavy atom. The molecule has 0 heterocycles. The van der Waals surface area contributed by atoms with Gasteiger partial charge in [-0.1, -0.05) is 6.07 Å². The Balaban J connectivity index is 2.18. The highest BCUT2D eigenvalue weighted by Crippen LogP contribution is 2.25. The van der Waals surface area contributed by atoms with Gasteiger partial charge in [0.1, 0.15) is 23.2 Å². The van der Waals surface area contributed by atoms with E-state index in [1.165, 1.54) is 12.1 Å². The summed E-state index contributed by atoms with van der Waals surface area (Å²) in [5, 5.41) is 12.2. The van der Waals surface area contributed by atoms with Gasteiger partial charge in [-0.2, -0.15) is 0 Å². The van der Waals surface area contributed by atoms with Crippen LogP contribution in [0.4, 0.5) is 13.2 Å². The van der Waals surface area contributed by atoms with E-state index in [1.54, 1.807) is 13.8 Å². The predicted molar refractivity (Wildman–Crippen MR) is 74.4 cm³/mol. The number of benzene rings is 2. The van der Waals surface area contributed by atoms with Crippen molar-refractivity contribution in [1.82, 2.24) is 5.32 Å². The quantitative estimate of drug-likeness (QED) is 0.885. The molecule has 2 rings (SSSR count). The molecule has 5 heteroatoms. The summed E-state index contributed by atoms with van der Waals surface area (Å²) in [4.78, 5) is 0. The third-order valence-electron chi connectivity index (χ3n) is 3.38. The molecule has 0 aliphatic rings. The Hall–Kier alpha value is -2.01. The van der Waals surface area contributed by atoms with Crippen molar-refractivity contribution in [3.8, 4) is 5.75 Å². The van der Waals surface area contributed by atoms with E-state index in [-0.39, 0.29) is 11.3 Å². The Morgan fingerprint density at radius 1 is 0.857 bits per heavy atom. The van der Waals surface area contributed by atoms with E-state index in [1.807, 2.05) is 0 Å². The van der Waals surface area contributed by atoms with Crippen LogP contribution < -0.4 is 5.32 Å². The third-order valence-corrected chi connectivity index (χ3v) is 3.38. The maximum Gasteiger partial charge on any atom is 0.131 e. The average Bonchev–Trinajstić information content (AvgIpc) is 2.41. The van der Waals surface area contributed by atoms with Crippen LogP contribution in [0, 0.1) is 17.5 Å². The molecule has 21 heavy (non-hydrogen) atoms. The first-order valence-electron chi connectivity index (χ1n) is 6.58. The van der Waals surface area contributed by atoms with E-state index in [9.17, 15) is 18.3 Å². The number of hydrogen-bond acceptors (Lipinski definition) is 2. The lowest BCUT2D eigenvalue weighted by Gasteiger charge is -2.21. The molecule has 0 fully saturated rings. The number of phenolic OH excluding ortho intramolecular Hbond substituents is 1. The van der Waals surface area contributed by atoms with Gasteiger partial charge in [0, 0.05) is 29.3 Å². The van der Waals surface area contributed by atoms with Gasteiger partial charge in [0.25, 0.3) is 0 Å². The van der Waals surface area contributed by atoms with Gasteiger partial charge in [0.05, 0.1) is 0 Å². The van der Waals surface area contributed by atoms with Crippen LogP contribution in [0.2, 0.25) is 0 Å². The van der Waals surface area contributed by atoms with Gasteiger partial charge in [-0.3, -0.25) is 0 Å². The zero-order valence-electron chi connectivity index (χ0n) is 11.7. The summed E-state index contributed by atoms with van der Waals surface area (Å²) in [5.41, 5.74) is 0.525. The summed E-state index contributed by atoms with van der Waals surface area (Å²) in [5.74, 6) is -1.76. The fourth-order valence-electron chi connectivity index (χ4n) is 2.27. The Morgan fingerprint density at radius 3 is 2.19 bits per heavy atom. The van der Waals surface area contributed by atoms with Crippen LogP contribution in [-0.4, -0.2) is 5.11 Å². The minimum atomic E-state index is -0.554. The summed E-state index contributed by atoms with van der Waals surface area (Å²) < 4.78 is 40.6. The number of hydrogen-bond donors (Lipinski definition) is 2. The molecule has 0 aromatic heterocycles. The van der Waals surface area contributed by atoms with E-state index in [4.69, 9.17) is 0 Å². The first-order chi connectivity index (χ1) is 9.88. The normalized spacial score (nSPS) is 14.0. The van der Waals surface area contributed by atoms with Crippen molar-refractivity contribution in [3.05, 3.63) is 65.0 Å². The SMILES string of the molecule is CC(NC(C)c1cc(F)ccc1F)c1ccc(O)cc1F. The highest BCUT2D eigenvalue weighted by Gasteiger charge is 2.17. The Bertz CT molecular complexity index is 645. The molecule has 0 saturated heterocycles. The predicted octanol–water partition coefficient (Wildman–Crippen LogP) is 4.22. The molecule has 0 aliphatic carbocycles. The molecule has 2 unspecified atom stereocenters. The molecular formula is C16H16F3NO. The van der Waals surface area contributed by atoms with Crippen LogP contribution in [0.15, 0.2) is 36.4 Å². The van der Waals surface area contributed by atoms with Gasteiger partial charge in [-0.05, 0) is 38.1 Å². The molecule has 0 spiro atoms. The zero-order chi connectivity index (χ0) is 15.6. The molecule has 2 nitrogen and oxygen atoms in total. The molecule has 2 aromatic carbocycles. The summed E-state index contributed by atoms with van der Waals surface area (Å²) in [6, 6.07) is 6.16. The first-order valence-corrected chi connectivity index (χ1v) is 6.58. The first kappa shape index (κ1) is 15.4. The van der Waals surface area contributed by atoms with E-state index in [0.717, 1.165) is 24.3 Å². The number of nitrogens with one attached hydrogen (secondary N) is 1. The highest BCUT2D eigenvalue weighted by atomic mass is 19.1. The summed E-state index contributed by atoms with van der Waals surface area (Å²) in [6.07, 6.45) is 0. The van der Waals surface area contributed by atoms with Crippen molar-refractivity contribution in [3.63, 3.8) is 0 Å². The molecule has 0 aliphatic heterocycles. The fraction of sp³-hybridized carbons (Fsp3) is 0.250. The molecule has 0 radical (unpaired) electrons. The van der Waals surface area contributed by atoms with Crippen molar-refractivity contribution in [1.29, 1.82) is 0 Å². The fourth-order valence-corrected chi connectivity index (χ4v) is 2.27. The van der Waals surface area contributed by atoms with Gasteiger partial charge < -0.3 is 10.4 Å². The second-order valence-electron chi connectivity index (χ2n) is 4.98. The molecule has 0 bridgehead atoms. The van der Waals surface area contributed by atoms with Crippen LogP contribution in [0.5, 0.6) is 5.75 Å². The molecular weight excluding hydrogens is 279 g/mol. The van der Waals surface area contributed by atoms with Crippen LogP contribution in [0.3, 0.4) is 0 Å². The lowest BCUT2D eigenvalue weighted by Crippen LogP contribution is -2.24. The molecule has 2 aromatic rings. The van der Waals surface area contributed by atoms with Crippen LogP contribution in [0.25, 0.3) is 0 Å². The Kier molecular flexibility index (Phi) is 4.53. The van der Waals surface area contributed by atoms with E-state index in [0.29, 0.717) is 5.56 Å². The van der Waals surface area contributed by atoms with E-state index < -0.39 is 29.5 Å². The number of aromatic hydroxyl groups is 1.